The Labute approximate surface area is 193 Å². The van der Waals surface area contributed by atoms with Crippen LogP contribution < -0.4 is 9.64 Å². The van der Waals surface area contributed by atoms with E-state index in [2.05, 4.69) is 26.0 Å². The number of hydrogen-bond acceptors (Lipinski definition) is 4. The minimum absolute atomic E-state index is 0.0913. The number of esters is 1. The maximum Gasteiger partial charge on any atom is 0.343 e. The van der Waals surface area contributed by atoms with Gasteiger partial charge >= 0.3 is 5.97 Å². The quantitative estimate of drug-likeness (QED) is 0.293. The normalized spacial score (nSPS) is 31.1. The summed E-state index contributed by atoms with van der Waals surface area (Å²) in [6.07, 6.45) is 5.49. The number of aryl methyl sites for hydroxylation is 1. The average molecular weight is 442 g/mol. The van der Waals surface area contributed by atoms with Crippen LogP contribution in [0.2, 0.25) is 0 Å². The minimum Gasteiger partial charge on any atom is -0.423 e. The van der Waals surface area contributed by atoms with Crippen molar-refractivity contribution in [2.24, 2.45) is 35.5 Å². The highest BCUT2D eigenvalue weighted by Gasteiger charge is 2.67. The second-order valence-electron chi connectivity index (χ2n) is 10.3. The van der Waals surface area contributed by atoms with Gasteiger partial charge in [-0.2, -0.15) is 0 Å². The molecule has 2 bridgehead atoms. The first-order valence-corrected chi connectivity index (χ1v) is 11.8. The molecule has 0 aromatic heterocycles. The summed E-state index contributed by atoms with van der Waals surface area (Å²) >= 11 is 0. The van der Waals surface area contributed by atoms with Gasteiger partial charge in [0, 0.05) is 0 Å². The molecule has 1 saturated heterocycles. The molecule has 2 saturated carbocycles. The second kappa shape index (κ2) is 7.14. The Kier molecular flexibility index (Phi) is 4.42. The molecule has 7 rings (SSSR count). The van der Waals surface area contributed by atoms with Gasteiger partial charge in [-0.1, -0.05) is 38.1 Å². The molecule has 2 aromatic rings. The predicted molar refractivity (Wildman–Crippen MR) is 124 cm³/mol. The number of ether oxygens (including phenoxy) is 1. The first-order chi connectivity index (χ1) is 15.8. The number of hydrogen-bond donors (Lipinski definition) is 0. The van der Waals surface area contributed by atoms with Gasteiger partial charge in [0.1, 0.15) is 5.75 Å². The smallest absolute Gasteiger partial charge is 0.343 e. The molecule has 168 valence electrons. The fourth-order valence-electron chi connectivity index (χ4n) is 6.32. The molecule has 5 aliphatic rings. The van der Waals surface area contributed by atoms with Gasteiger partial charge in [0.15, 0.2) is 0 Å². The van der Waals surface area contributed by atoms with E-state index in [-0.39, 0.29) is 41.4 Å². The van der Waals surface area contributed by atoms with Crippen LogP contribution in [-0.2, 0) is 9.59 Å². The molecule has 0 radical (unpaired) electrons. The summed E-state index contributed by atoms with van der Waals surface area (Å²) in [6, 6.07) is 12.5. The van der Waals surface area contributed by atoms with Crippen LogP contribution in [0.4, 0.5) is 5.69 Å². The van der Waals surface area contributed by atoms with Crippen molar-refractivity contribution >= 4 is 23.5 Å². The number of imide groups is 1. The highest BCUT2D eigenvalue weighted by molar-refractivity contribution is 6.22. The summed E-state index contributed by atoms with van der Waals surface area (Å²) in [5, 5.41) is 0. The van der Waals surface area contributed by atoms with Gasteiger partial charge in [0.05, 0.1) is 23.1 Å². The van der Waals surface area contributed by atoms with Gasteiger partial charge in [0.2, 0.25) is 11.8 Å². The fourth-order valence-corrected chi connectivity index (χ4v) is 6.32. The maximum atomic E-state index is 13.3. The largest absolute Gasteiger partial charge is 0.423 e. The molecule has 2 amide bonds. The molecule has 33 heavy (non-hydrogen) atoms. The number of amides is 2. The zero-order valence-corrected chi connectivity index (χ0v) is 19.0. The van der Waals surface area contributed by atoms with Crippen molar-refractivity contribution in [2.75, 3.05) is 4.90 Å². The summed E-state index contributed by atoms with van der Waals surface area (Å²) in [4.78, 5) is 40.7. The summed E-state index contributed by atoms with van der Waals surface area (Å²) < 4.78 is 5.72. The lowest BCUT2D eigenvalue weighted by molar-refractivity contribution is -0.124. The van der Waals surface area contributed by atoms with E-state index < -0.39 is 5.97 Å². The standard InChI is InChI=1S/C28H27NO4/c1-14(2)18-9-4-15(3)12-23(18)33-28(32)16-5-7-17(8-6-16)29-26(30)24-19-10-11-20(22-13-21(19)22)25(24)27(29)31/h4-12,14,19-22,24-25H,13H2,1-3H3/t19-,20-,21-,22-,24-,25+/m1/s1. The Hall–Kier alpha value is -3.21. The molecule has 3 fully saturated rings. The number of rotatable bonds is 4. The van der Waals surface area contributed by atoms with Crippen LogP contribution in [0.15, 0.2) is 54.6 Å². The van der Waals surface area contributed by atoms with E-state index in [1.807, 2.05) is 25.1 Å². The number of allylic oxidation sites excluding steroid dienone is 2. The number of carbonyl (C=O) groups excluding carboxylic acids is 3. The van der Waals surface area contributed by atoms with Gasteiger partial charge in [0.25, 0.3) is 0 Å². The van der Waals surface area contributed by atoms with Gasteiger partial charge in [-0.15, -0.1) is 0 Å². The molecule has 4 aliphatic carbocycles. The van der Waals surface area contributed by atoms with Crippen LogP contribution in [0.1, 0.15) is 47.7 Å². The Balaban J connectivity index is 1.23. The van der Waals surface area contributed by atoms with Crippen molar-refractivity contribution in [3.8, 4) is 5.75 Å². The molecule has 0 N–H and O–H groups in total. The molecule has 2 aromatic carbocycles. The van der Waals surface area contributed by atoms with Crippen LogP contribution in [0, 0.1) is 42.4 Å². The SMILES string of the molecule is Cc1ccc(C(C)C)c(OC(=O)c2ccc(N3C(=O)[C@@H]4[C@@H]5C=C[C@H]([C@H]6C[C@H]56)[C@@H]4C3=O)cc2)c1. The van der Waals surface area contributed by atoms with Crippen molar-refractivity contribution in [1.82, 2.24) is 0 Å². The van der Waals surface area contributed by atoms with Crippen LogP contribution in [-0.4, -0.2) is 17.8 Å². The molecule has 5 heteroatoms. The van der Waals surface area contributed by atoms with E-state index in [1.165, 1.54) is 4.90 Å². The Morgan fingerprint density at radius 3 is 2.12 bits per heavy atom. The average Bonchev–Trinajstić information content (AvgIpc) is 3.57. The van der Waals surface area contributed by atoms with Crippen LogP contribution >= 0.6 is 0 Å². The summed E-state index contributed by atoms with van der Waals surface area (Å²) in [6.45, 7) is 6.08. The van der Waals surface area contributed by atoms with Crippen LogP contribution in [0.3, 0.4) is 0 Å². The highest BCUT2D eigenvalue weighted by atomic mass is 16.5. The minimum atomic E-state index is -0.455. The molecular formula is C28H27NO4. The second-order valence-corrected chi connectivity index (χ2v) is 10.3. The van der Waals surface area contributed by atoms with Gasteiger partial charge in [-0.05, 0) is 84.4 Å². The number of anilines is 1. The Morgan fingerprint density at radius 1 is 0.939 bits per heavy atom. The monoisotopic (exact) mass is 441 g/mol. The van der Waals surface area contributed by atoms with E-state index in [9.17, 15) is 14.4 Å². The third-order valence-corrected chi connectivity index (χ3v) is 8.02. The first-order valence-electron chi connectivity index (χ1n) is 11.8. The van der Waals surface area contributed by atoms with Crippen molar-refractivity contribution in [2.45, 2.75) is 33.1 Å². The van der Waals surface area contributed by atoms with E-state index in [0.29, 0.717) is 28.8 Å². The van der Waals surface area contributed by atoms with Gasteiger partial charge < -0.3 is 4.74 Å². The topological polar surface area (TPSA) is 63.7 Å². The molecule has 6 atom stereocenters. The van der Waals surface area contributed by atoms with Gasteiger partial charge in [-0.25, -0.2) is 4.79 Å². The summed E-state index contributed by atoms with van der Waals surface area (Å²) in [5.41, 5.74) is 2.91. The molecular weight excluding hydrogens is 414 g/mol. The predicted octanol–water partition coefficient (Wildman–Crippen LogP) is 4.90. The summed E-state index contributed by atoms with van der Waals surface area (Å²) in [5.74, 6) is 1.25. The van der Waals surface area contributed by atoms with E-state index in [0.717, 1.165) is 17.5 Å². The van der Waals surface area contributed by atoms with E-state index in [1.54, 1.807) is 24.3 Å². The lowest BCUT2D eigenvalue weighted by Gasteiger charge is -2.37. The Morgan fingerprint density at radius 2 is 1.55 bits per heavy atom. The third kappa shape index (κ3) is 3.01. The van der Waals surface area contributed by atoms with Crippen molar-refractivity contribution in [3.63, 3.8) is 0 Å². The zero-order chi connectivity index (χ0) is 23.0. The Bertz CT molecular complexity index is 1170. The fraction of sp³-hybridized carbons (Fsp3) is 0.393. The summed E-state index contributed by atoms with van der Waals surface area (Å²) in [7, 11) is 0. The van der Waals surface area contributed by atoms with Crippen molar-refractivity contribution < 1.29 is 19.1 Å². The number of carbonyl (C=O) groups is 3. The third-order valence-electron chi connectivity index (χ3n) is 8.02. The first kappa shape index (κ1) is 20.4. The molecule has 1 heterocycles. The molecule has 1 aliphatic heterocycles. The lowest BCUT2D eigenvalue weighted by Crippen LogP contribution is -2.40. The van der Waals surface area contributed by atoms with Crippen molar-refractivity contribution in [1.29, 1.82) is 0 Å². The highest BCUT2D eigenvalue weighted by Crippen LogP contribution is 2.65. The van der Waals surface area contributed by atoms with E-state index in [4.69, 9.17) is 4.74 Å². The lowest BCUT2D eigenvalue weighted by atomic mass is 9.63. The molecule has 0 spiro atoms. The van der Waals surface area contributed by atoms with Gasteiger partial charge in [-0.3, -0.25) is 14.5 Å². The van der Waals surface area contributed by atoms with Crippen LogP contribution in [0.5, 0.6) is 5.75 Å². The number of nitrogens with zero attached hydrogens (tertiary/aromatic N) is 1. The maximum absolute atomic E-state index is 13.3. The molecule has 0 unspecified atom stereocenters. The zero-order valence-electron chi connectivity index (χ0n) is 19.0. The van der Waals surface area contributed by atoms with E-state index >= 15 is 0 Å². The molecule has 5 nitrogen and oxygen atoms in total. The number of benzene rings is 2. The van der Waals surface area contributed by atoms with Crippen molar-refractivity contribution in [3.05, 3.63) is 71.3 Å². The van der Waals surface area contributed by atoms with Crippen LogP contribution in [0.25, 0.3) is 0 Å².